The molecule has 0 amide bonds. The van der Waals surface area contributed by atoms with Crippen molar-refractivity contribution >= 4 is 11.4 Å². The van der Waals surface area contributed by atoms with Crippen molar-refractivity contribution in [3.63, 3.8) is 0 Å². The molecule has 2 heteroatoms. The fourth-order valence-electron chi connectivity index (χ4n) is 2.45. The van der Waals surface area contributed by atoms with Crippen LogP contribution < -0.4 is 10.6 Å². The largest absolute Gasteiger partial charge is 0.345 e. The summed E-state index contributed by atoms with van der Waals surface area (Å²) in [4.78, 5) is 2.22. The van der Waals surface area contributed by atoms with E-state index >= 15 is 0 Å². The summed E-state index contributed by atoms with van der Waals surface area (Å²) in [5.74, 6) is 0. The summed E-state index contributed by atoms with van der Waals surface area (Å²) in [5.41, 5.74) is 12.2. The highest BCUT2D eigenvalue weighted by atomic mass is 15.1. The molecule has 0 bridgehead atoms. The molecule has 0 saturated heterocycles. The first-order valence-corrected chi connectivity index (χ1v) is 7.13. The van der Waals surface area contributed by atoms with Crippen LogP contribution in [0, 0.1) is 13.8 Å². The third-order valence-corrected chi connectivity index (χ3v) is 3.64. The third-order valence-electron chi connectivity index (χ3n) is 3.64. The van der Waals surface area contributed by atoms with E-state index in [0.717, 1.165) is 6.42 Å². The van der Waals surface area contributed by atoms with E-state index in [4.69, 9.17) is 5.73 Å². The number of anilines is 2. The molecular weight excluding hydrogens is 244 g/mol. The molecule has 2 aromatic carbocycles. The van der Waals surface area contributed by atoms with Gasteiger partial charge in [0.15, 0.2) is 0 Å². The zero-order valence-electron chi connectivity index (χ0n) is 12.9. The Kier molecular flexibility index (Phi) is 4.46. The highest BCUT2D eigenvalue weighted by Gasteiger charge is 2.07. The topological polar surface area (TPSA) is 29.3 Å². The van der Waals surface area contributed by atoms with Crippen molar-refractivity contribution in [1.29, 1.82) is 0 Å². The number of hydrogen-bond acceptors (Lipinski definition) is 2. The molecule has 0 aromatic heterocycles. The Balaban J connectivity index is 2.27. The van der Waals surface area contributed by atoms with Crippen LogP contribution in [0.3, 0.4) is 0 Å². The second-order valence-electron chi connectivity index (χ2n) is 5.69. The van der Waals surface area contributed by atoms with Crippen LogP contribution in [-0.4, -0.2) is 13.1 Å². The monoisotopic (exact) mass is 268 g/mol. The molecule has 0 aliphatic carbocycles. The lowest BCUT2D eigenvalue weighted by molar-refractivity contribution is 0.735. The Bertz CT molecular complexity index is 588. The molecule has 0 saturated carbocycles. The molecule has 0 heterocycles. The summed E-state index contributed by atoms with van der Waals surface area (Å²) in [7, 11) is 2.11. The van der Waals surface area contributed by atoms with E-state index in [1.165, 1.54) is 28.1 Å². The van der Waals surface area contributed by atoms with E-state index in [9.17, 15) is 0 Å². The average Bonchev–Trinajstić information content (AvgIpc) is 2.40. The number of hydrogen-bond donors (Lipinski definition) is 1. The summed E-state index contributed by atoms with van der Waals surface area (Å²) in [5, 5.41) is 0. The summed E-state index contributed by atoms with van der Waals surface area (Å²) in [6.45, 7) is 6.33. The Morgan fingerprint density at radius 1 is 1.05 bits per heavy atom. The van der Waals surface area contributed by atoms with E-state index in [-0.39, 0.29) is 6.04 Å². The molecule has 1 atom stereocenters. The Hall–Kier alpha value is -1.80. The number of nitrogens with two attached hydrogens (primary N) is 1. The van der Waals surface area contributed by atoms with Crippen molar-refractivity contribution < 1.29 is 0 Å². The second kappa shape index (κ2) is 6.10. The summed E-state index contributed by atoms with van der Waals surface area (Å²) in [6, 6.07) is 15.4. The minimum absolute atomic E-state index is 0.203. The molecule has 2 nitrogen and oxygen atoms in total. The third kappa shape index (κ3) is 3.40. The van der Waals surface area contributed by atoms with Crippen molar-refractivity contribution in [2.45, 2.75) is 33.2 Å². The molecule has 0 spiro atoms. The summed E-state index contributed by atoms with van der Waals surface area (Å²) < 4.78 is 0. The number of benzene rings is 2. The fourth-order valence-corrected chi connectivity index (χ4v) is 2.45. The minimum atomic E-state index is 0.203. The van der Waals surface area contributed by atoms with Gasteiger partial charge in [-0.15, -0.1) is 0 Å². The maximum absolute atomic E-state index is 5.89. The van der Waals surface area contributed by atoms with E-state index < -0.39 is 0 Å². The Morgan fingerprint density at radius 2 is 1.75 bits per heavy atom. The molecule has 0 aliphatic rings. The van der Waals surface area contributed by atoms with Gasteiger partial charge in [-0.05, 0) is 68.1 Å². The standard InChI is InChI=1S/C18H24N2/c1-13-6-5-7-17(10-13)20(4)18-9-8-16(12-15(3)19)14(2)11-18/h5-11,15H,12,19H2,1-4H3. The van der Waals surface area contributed by atoms with Gasteiger partial charge in [-0.2, -0.15) is 0 Å². The van der Waals surface area contributed by atoms with Crippen molar-refractivity contribution in [3.8, 4) is 0 Å². The molecule has 1 unspecified atom stereocenters. The van der Waals surface area contributed by atoms with E-state index in [0.29, 0.717) is 0 Å². The number of aryl methyl sites for hydroxylation is 2. The predicted molar refractivity (Wildman–Crippen MR) is 87.8 cm³/mol. The molecule has 2 rings (SSSR count). The van der Waals surface area contributed by atoms with Gasteiger partial charge in [-0.25, -0.2) is 0 Å². The normalized spacial score (nSPS) is 12.2. The highest BCUT2D eigenvalue weighted by molar-refractivity contribution is 5.64. The molecule has 0 fully saturated rings. The predicted octanol–water partition coefficient (Wildman–Crippen LogP) is 3.96. The van der Waals surface area contributed by atoms with E-state index in [1.807, 2.05) is 6.92 Å². The average molecular weight is 268 g/mol. The summed E-state index contributed by atoms with van der Waals surface area (Å²) in [6.07, 6.45) is 0.931. The Morgan fingerprint density at radius 3 is 2.35 bits per heavy atom. The van der Waals surface area contributed by atoms with Gasteiger partial charge >= 0.3 is 0 Å². The number of rotatable bonds is 4. The van der Waals surface area contributed by atoms with Crippen LogP contribution >= 0.6 is 0 Å². The van der Waals surface area contributed by atoms with Crippen LogP contribution in [0.25, 0.3) is 0 Å². The van der Waals surface area contributed by atoms with Gasteiger partial charge in [0.25, 0.3) is 0 Å². The van der Waals surface area contributed by atoms with Gasteiger partial charge in [-0.3, -0.25) is 0 Å². The quantitative estimate of drug-likeness (QED) is 0.909. The highest BCUT2D eigenvalue weighted by Crippen LogP contribution is 2.26. The van der Waals surface area contributed by atoms with Crippen molar-refractivity contribution in [2.75, 3.05) is 11.9 Å². The van der Waals surface area contributed by atoms with Crippen LogP contribution in [0.4, 0.5) is 11.4 Å². The maximum atomic E-state index is 5.89. The molecule has 2 N–H and O–H groups in total. The van der Waals surface area contributed by atoms with Crippen molar-refractivity contribution in [2.24, 2.45) is 5.73 Å². The van der Waals surface area contributed by atoms with Crippen molar-refractivity contribution in [1.82, 2.24) is 0 Å². The van der Waals surface area contributed by atoms with Gasteiger partial charge in [0.05, 0.1) is 0 Å². The molecular formula is C18H24N2. The van der Waals surface area contributed by atoms with Gasteiger partial charge in [0, 0.05) is 24.5 Å². The van der Waals surface area contributed by atoms with Crippen LogP contribution in [0.5, 0.6) is 0 Å². The van der Waals surface area contributed by atoms with E-state index in [1.54, 1.807) is 0 Å². The maximum Gasteiger partial charge on any atom is 0.0410 e. The molecule has 0 radical (unpaired) electrons. The summed E-state index contributed by atoms with van der Waals surface area (Å²) >= 11 is 0. The molecule has 0 aliphatic heterocycles. The van der Waals surface area contributed by atoms with Crippen LogP contribution in [-0.2, 0) is 6.42 Å². The lowest BCUT2D eigenvalue weighted by atomic mass is 10.0. The van der Waals surface area contributed by atoms with Crippen molar-refractivity contribution in [3.05, 3.63) is 59.2 Å². The zero-order chi connectivity index (χ0) is 14.7. The SMILES string of the molecule is Cc1cccc(N(C)c2ccc(CC(C)N)c(C)c2)c1. The fraction of sp³-hybridized carbons (Fsp3) is 0.333. The molecule has 20 heavy (non-hydrogen) atoms. The molecule has 2 aromatic rings. The first kappa shape index (κ1) is 14.6. The Labute approximate surface area is 122 Å². The molecule has 106 valence electrons. The first-order chi connectivity index (χ1) is 9.47. The van der Waals surface area contributed by atoms with Crippen LogP contribution in [0.2, 0.25) is 0 Å². The van der Waals surface area contributed by atoms with Gasteiger partial charge < -0.3 is 10.6 Å². The zero-order valence-corrected chi connectivity index (χ0v) is 12.9. The van der Waals surface area contributed by atoms with Gasteiger partial charge in [-0.1, -0.05) is 18.2 Å². The van der Waals surface area contributed by atoms with Crippen LogP contribution in [0.15, 0.2) is 42.5 Å². The van der Waals surface area contributed by atoms with Gasteiger partial charge in [0.2, 0.25) is 0 Å². The van der Waals surface area contributed by atoms with E-state index in [2.05, 4.69) is 68.3 Å². The van der Waals surface area contributed by atoms with Gasteiger partial charge in [0.1, 0.15) is 0 Å². The lowest BCUT2D eigenvalue weighted by Gasteiger charge is -2.21. The second-order valence-corrected chi connectivity index (χ2v) is 5.69. The first-order valence-electron chi connectivity index (χ1n) is 7.13. The van der Waals surface area contributed by atoms with Crippen LogP contribution in [0.1, 0.15) is 23.6 Å². The smallest absolute Gasteiger partial charge is 0.0410 e. The minimum Gasteiger partial charge on any atom is -0.345 e. The number of nitrogens with zero attached hydrogens (tertiary/aromatic N) is 1. The lowest BCUT2D eigenvalue weighted by Crippen LogP contribution is -2.18.